The summed E-state index contributed by atoms with van der Waals surface area (Å²) in [6, 6.07) is 6.36. The van der Waals surface area contributed by atoms with Crippen molar-refractivity contribution in [3.8, 4) is 11.4 Å². The fourth-order valence-electron chi connectivity index (χ4n) is 1.99. The molecule has 0 aliphatic carbocycles. The van der Waals surface area contributed by atoms with Crippen molar-refractivity contribution in [3.05, 3.63) is 46.5 Å². The van der Waals surface area contributed by atoms with Crippen molar-refractivity contribution in [3.63, 3.8) is 0 Å². The number of rotatable bonds is 3. The molecular formula is C15H16ClFN2. The molecule has 2 aromatic rings. The van der Waals surface area contributed by atoms with Gasteiger partial charge in [-0.2, -0.15) is 0 Å². The van der Waals surface area contributed by atoms with E-state index in [4.69, 9.17) is 11.6 Å². The first-order valence-electron chi connectivity index (χ1n) is 6.25. The average Bonchev–Trinajstić information content (AvgIpc) is 2.26. The van der Waals surface area contributed by atoms with Gasteiger partial charge in [-0.25, -0.2) is 14.4 Å². The molecule has 0 saturated carbocycles. The highest BCUT2D eigenvalue weighted by molar-refractivity contribution is 6.29. The SMILES string of the molecule is Cc1cc(F)ccc1-c1nc(Cl)cc(CC(C)C)n1. The molecule has 0 N–H and O–H groups in total. The highest BCUT2D eigenvalue weighted by Gasteiger charge is 2.10. The number of halogens is 2. The molecule has 0 atom stereocenters. The number of hydrogen-bond donors (Lipinski definition) is 0. The molecule has 0 radical (unpaired) electrons. The summed E-state index contributed by atoms with van der Waals surface area (Å²) in [6.45, 7) is 6.09. The lowest BCUT2D eigenvalue weighted by molar-refractivity contribution is 0.626. The third kappa shape index (κ3) is 3.51. The van der Waals surface area contributed by atoms with Gasteiger partial charge in [0.25, 0.3) is 0 Å². The van der Waals surface area contributed by atoms with Crippen molar-refractivity contribution >= 4 is 11.6 Å². The van der Waals surface area contributed by atoms with Crippen molar-refractivity contribution in [1.82, 2.24) is 9.97 Å². The van der Waals surface area contributed by atoms with Crippen molar-refractivity contribution in [1.29, 1.82) is 0 Å². The molecule has 19 heavy (non-hydrogen) atoms. The zero-order valence-corrected chi connectivity index (χ0v) is 12.0. The molecular weight excluding hydrogens is 263 g/mol. The van der Waals surface area contributed by atoms with Crippen LogP contribution in [0.1, 0.15) is 25.1 Å². The summed E-state index contributed by atoms with van der Waals surface area (Å²) in [5.74, 6) is 0.791. The summed E-state index contributed by atoms with van der Waals surface area (Å²) in [4.78, 5) is 8.75. The molecule has 1 heterocycles. The maximum atomic E-state index is 13.1. The number of benzene rings is 1. The second-order valence-electron chi connectivity index (χ2n) is 5.06. The van der Waals surface area contributed by atoms with Gasteiger partial charge in [-0.1, -0.05) is 25.4 Å². The number of nitrogens with zero attached hydrogens (tertiary/aromatic N) is 2. The van der Waals surface area contributed by atoms with Gasteiger partial charge < -0.3 is 0 Å². The van der Waals surface area contributed by atoms with E-state index >= 15 is 0 Å². The quantitative estimate of drug-likeness (QED) is 0.776. The van der Waals surface area contributed by atoms with Crippen molar-refractivity contribution in [2.45, 2.75) is 27.2 Å². The molecule has 0 fully saturated rings. The average molecular weight is 279 g/mol. The van der Waals surface area contributed by atoms with Crippen LogP contribution in [0.5, 0.6) is 0 Å². The van der Waals surface area contributed by atoms with Gasteiger partial charge in [0, 0.05) is 11.3 Å². The molecule has 0 spiro atoms. The molecule has 2 nitrogen and oxygen atoms in total. The van der Waals surface area contributed by atoms with Gasteiger partial charge >= 0.3 is 0 Å². The van der Waals surface area contributed by atoms with Crippen LogP contribution < -0.4 is 0 Å². The summed E-state index contributed by atoms with van der Waals surface area (Å²) < 4.78 is 13.1. The molecule has 0 amide bonds. The third-order valence-electron chi connectivity index (χ3n) is 2.79. The molecule has 2 rings (SSSR count). The van der Waals surface area contributed by atoms with Crippen LogP contribution in [0.25, 0.3) is 11.4 Å². The molecule has 0 bridgehead atoms. The maximum Gasteiger partial charge on any atom is 0.161 e. The van der Waals surface area contributed by atoms with Gasteiger partial charge in [0.05, 0.1) is 0 Å². The van der Waals surface area contributed by atoms with E-state index in [1.165, 1.54) is 12.1 Å². The highest BCUT2D eigenvalue weighted by atomic mass is 35.5. The monoisotopic (exact) mass is 278 g/mol. The van der Waals surface area contributed by atoms with E-state index in [0.29, 0.717) is 16.9 Å². The first-order valence-corrected chi connectivity index (χ1v) is 6.63. The van der Waals surface area contributed by atoms with E-state index in [0.717, 1.165) is 23.2 Å². The smallest absolute Gasteiger partial charge is 0.161 e. The standard InChI is InChI=1S/C15H16ClFN2/c1-9(2)6-12-8-14(16)19-15(18-12)13-5-4-11(17)7-10(13)3/h4-5,7-9H,6H2,1-3H3. The predicted molar refractivity (Wildman–Crippen MR) is 75.7 cm³/mol. The molecule has 100 valence electrons. The van der Waals surface area contributed by atoms with E-state index in [1.54, 1.807) is 12.1 Å². The Bertz CT molecular complexity index is 597. The van der Waals surface area contributed by atoms with Crippen LogP contribution in [0.15, 0.2) is 24.3 Å². The summed E-state index contributed by atoms with van der Waals surface area (Å²) in [5.41, 5.74) is 2.53. The van der Waals surface area contributed by atoms with Crippen LogP contribution in [0.2, 0.25) is 5.15 Å². The van der Waals surface area contributed by atoms with Gasteiger partial charge in [0.1, 0.15) is 11.0 Å². The van der Waals surface area contributed by atoms with Crippen molar-refractivity contribution < 1.29 is 4.39 Å². The highest BCUT2D eigenvalue weighted by Crippen LogP contribution is 2.23. The lowest BCUT2D eigenvalue weighted by Crippen LogP contribution is -2.01. The van der Waals surface area contributed by atoms with Crippen molar-refractivity contribution in [2.24, 2.45) is 5.92 Å². The van der Waals surface area contributed by atoms with Crippen LogP contribution in [-0.2, 0) is 6.42 Å². The Labute approximate surface area is 117 Å². The summed E-state index contributed by atoms with van der Waals surface area (Å²) in [5, 5.41) is 0.421. The first kappa shape index (κ1) is 13.9. The Morgan fingerprint density at radius 3 is 2.58 bits per heavy atom. The Balaban J connectivity index is 2.46. The van der Waals surface area contributed by atoms with Crippen molar-refractivity contribution in [2.75, 3.05) is 0 Å². The van der Waals surface area contributed by atoms with E-state index < -0.39 is 0 Å². The Hall–Kier alpha value is -1.48. The van der Waals surface area contributed by atoms with Crippen LogP contribution in [0.4, 0.5) is 4.39 Å². The van der Waals surface area contributed by atoms with E-state index in [-0.39, 0.29) is 5.82 Å². The van der Waals surface area contributed by atoms with Crippen LogP contribution >= 0.6 is 11.6 Å². The van der Waals surface area contributed by atoms with Crippen LogP contribution in [0, 0.1) is 18.7 Å². The summed E-state index contributed by atoms with van der Waals surface area (Å²) in [7, 11) is 0. The summed E-state index contributed by atoms with van der Waals surface area (Å²) >= 11 is 6.04. The number of aromatic nitrogens is 2. The van der Waals surface area contributed by atoms with Crippen LogP contribution in [0.3, 0.4) is 0 Å². The number of aryl methyl sites for hydroxylation is 1. The van der Waals surface area contributed by atoms with E-state index in [1.807, 2.05) is 6.92 Å². The fourth-order valence-corrected chi connectivity index (χ4v) is 2.19. The molecule has 0 unspecified atom stereocenters. The van der Waals surface area contributed by atoms with Gasteiger partial charge in [-0.3, -0.25) is 0 Å². The second-order valence-corrected chi connectivity index (χ2v) is 5.45. The normalized spacial score (nSPS) is 11.1. The molecule has 0 aliphatic rings. The second kappa shape index (κ2) is 5.66. The Morgan fingerprint density at radius 1 is 1.21 bits per heavy atom. The fraction of sp³-hybridized carbons (Fsp3) is 0.333. The van der Waals surface area contributed by atoms with Gasteiger partial charge in [-0.05, 0) is 49.1 Å². The first-order chi connectivity index (χ1) is 8.95. The van der Waals surface area contributed by atoms with E-state index in [2.05, 4.69) is 23.8 Å². The Kier molecular flexibility index (Phi) is 4.15. The van der Waals surface area contributed by atoms with Gasteiger partial charge in [0.2, 0.25) is 0 Å². The van der Waals surface area contributed by atoms with E-state index in [9.17, 15) is 4.39 Å². The minimum atomic E-state index is -0.259. The largest absolute Gasteiger partial charge is 0.233 e. The summed E-state index contributed by atoms with van der Waals surface area (Å²) in [6.07, 6.45) is 0.843. The predicted octanol–water partition coefficient (Wildman–Crippen LogP) is 4.44. The molecule has 0 aliphatic heterocycles. The molecule has 0 saturated heterocycles. The zero-order valence-electron chi connectivity index (χ0n) is 11.2. The van der Waals surface area contributed by atoms with Crippen LogP contribution in [-0.4, -0.2) is 9.97 Å². The minimum absolute atomic E-state index is 0.259. The lowest BCUT2D eigenvalue weighted by atomic mass is 10.1. The Morgan fingerprint density at radius 2 is 1.95 bits per heavy atom. The molecule has 1 aromatic heterocycles. The number of hydrogen-bond acceptors (Lipinski definition) is 2. The third-order valence-corrected chi connectivity index (χ3v) is 2.99. The topological polar surface area (TPSA) is 25.8 Å². The van der Waals surface area contributed by atoms with Gasteiger partial charge in [0.15, 0.2) is 5.82 Å². The lowest BCUT2D eigenvalue weighted by Gasteiger charge is -2.09. The molecule has 4 heteroatoms. The minimum Gasteiger partial charge on any atom is -0.233 e. The maximum absolute atomic E-state index is 13.1. The molecule has 1 aromatic carbocycles. The zero-order chi connectivity index (χ0) is 14.0. The van der Waals surface area contributed by atoms with Gasteiger partial charge in [-0.15, -0.1) is 0 Å².